The number of hydrogen-bond donors (Lipinski definition) is 1. The van der Waals surface area contributed by atoms with Gasteiger partial charge in [-0.05, 0) is 51.7 Å². The fourth-order valence-corrected chi connectivity index (χ4v) is 2.75. The summed E-state index contributed by atoms with van der Waals surface area (Å²) in [4.78, 5) is 0. The van der Waals surface area contributed by atoms with Gasteiger partial charge in [0.25, 0.3) is 0 Å². The van der Waals surface area contributed by atoms with E-state index in [9.17, 15) is 0 Å². The molecule has 1 aromatic carbocycles. The van der Waals surface area contributed by atoms with E-state index < -0.39 is 0 Å². The fourth-order valence-electron chi connectivity index (χ4n) is 2.16. The first-order chi connectivity index (χ1) is 8.02. The summed E-state index contributed by atoms with van der Waals surface area (Å²) >= 11 is 1.92. The number of nitrogens with one attached hydrogen (secondary N) is 1. The van der Waals surface area contributed by atoms with E-state index in [1.807, 2.05) is 11.8 Å². The van der Waals surface area contributed by atoms with Crippen LogP contribution in [0.1, 0.15) is 43.0 Å². The normalized spacial score (nSPS) is 14.6. The first-order valence-electron chi connectivity index (χ1n) is 6.36. The molecule has 2 atom stereocenters. The number of rotatable bonds is 6. The highest BCUT2D eigenvalue weighted by atomic mass is 32.2. The molecule has 2 unspecified atom stereocenters. The highest BCUT2D eigenvalue weighted by molar-refractivity contribution is 7.98. The van der Waals surface area contributed by atoms with Crippen LogP contribution in [0.25, 0.3) is 0 Å². The summed E-state index contributed by atoms with van der Waals surface area (Å²) in [6.07, 6.45) is 3.40. The highest BCUT2D eigenvalue weighted by Gasteiger charge is 2.09. The maximum Gasteiger partial charge on any atom is 0.0294 e. The molecule has 0 aliphatic rings. The maximum absolute atomic E-state index is 3.67. The van der Waals surface area contributed by atoms with Crippen LogP contribution in [0.2, 0.25) is 0 Å². The summed E-state index contributed by atoms with van der Waals surface area (Å²) in [7, 11) is 0. The van der Waals surface area contributed by atoms with Crippen LogP contribution in [0.3, 0.4) is 0 Å². The third-order valence-corrected chi connectivity index (χ3v) is 3.68. The van der Waals surface area contributed by atoms with Crippen molar-refractivity contribution in [1.29, 1.82) is 0 Å². The maximum atomic E-state index is 3.67. The molecular weight excluding hydrogens is 226 g/mol. The Bertz CT molecular complexity index is 329. The molecule has 2 heteroatoms. The van der Waals surface area contributed by atoms with E-state index in [0.29, 0.717) is 12.1 Å². The lowest BCUT2D eigenvalue weighted by Gasteiger charge is -2.21. The molecule has 0 saturated carbocycles. The summed E-state index contributed by atoms with van der Waals surface area (Å²) in [6, 6.07) is 7.81. The number of thioether (sulfide) groups is 1. The van der Waals surface area contributed by atoms with Gasteiger partial charge < -0.3 is 5.32 Å². The minimum atomic E-state index is 0.436. The van der Waals surface area contributed by atoms with E-state index in [2.05, 4.69) is 57.5 Å². The Morgan fingerprint density at radius 1 is 1.12 bits per heavy atom. The molecule has 0 bridgehead atoms. The zero-order valence-corrected chi connectivity index (χ0v) is 12.5. The van der Waals surface area contributed by atoms with Crippen LogP contribution in [0.15, 0.2) is 18.2 Å². The first-order valence-corrected chi connectivity index (χ1v) is 7.75. The molecule has 0 saturated heterocycles. The van der Waals surface area contributed by atoms with Crippen molar-refractivity contribution in [2.24, 2.45) is 0 Å². The average molecular weight is 251 g/mol. The predicted octanol–water partition coefficient (Wildman–Crippen LogP) is 4.10. The van der Waals surface area contributed by atoms with Gasteiger partial charge >= 0.3 is 0 Å². The van der Waals surface area contributed by atoms with Gasteiger partial charge in [-0.25, -0.2) is 0 Å². The zero-order chi connectivity index (χ0) is 12.8. The smallest absolute Gasteiger partial charge is 0.0294 e. The van der Waals surface area contributed by atoms with Crippen LogP contribution in [0.5, 0.6) is 0 Å². The zero-order valence-electron chi connectivity index (χ0n) is 11.7. The Hall–Kier alpha value is -0.470. The molecule has 0 spiro atoms. The van der Waals surface area contributed by atoms with E-state index in [4.69, 9.17) is 0 Å². The molecule has 0 fully saturated rings. The molecule has 0 heterocycles. The fraction of sp³-hybridized carbons (Fsp3) is 0.600. The van der Waals surface area contributed by atoms with Crippen molar-refractivity contribution in [3.05, 3.63) is 34.9 Å². The molecule has 0 amide bonds. The summed E-state index contributed by atoms with van der Waals surface area (Å²) < 4.78 is 0. The van der Waals surface area contributed by atoms with Crippen molar-refractivity contribution in [3.8, 4) is 0 Å². The van der Waals surface area contributed by atoms with Crippen LogP contribution in [-0.2, 0) is 0 Å². The number of hydrogen-bond acceptors (Lipinski definition) is 2. The van der Waals surface area contributed by atoms with E-state index in [-0.39, 0.29) is 0 Å². The third kappa shape index (κ3) is 5.13. The monoisotopic (exact) mass is 251 g/mol. The second-order valence-electron chi connectivity index (χ2n) is 4.99. The molecule has 1 rings (SSSR count). The van der Waals surface area contributed by atoms with Crippen LogP contribution in [0.4, 0.5) is 0 Å². The minimum absolute atomic E-state index is 0.436. The van der Waals surface area contributed by atoms with Gasteiger partial charge in [0, 0.05) is 12.1 Å². The van der Waals surface area contributed by atoms with Crippen molar-refractivity contribution < 1.29 is 0 Å². The Kier molecular flexibility index (Phi) is 6.07. The molecule has 0 aliphatic heterocycles. The lowest BCUT2D eigenvalue weighted by atomic mass is 10.0. The van der Waals surface area contributed by atoms with Crippen molar-refractivity contribution in [2.75, 3.05) is 12.0 Å². The summed E-state index contributed by atoms with van der Waals surface area (Å²) in [5, 5.41) is 3.67. The van der Waals surface area contributed by atoms with E-state index in [1.54, 1.807) is 0 Å². The standard InChI is InChI=1S/C15H25NS/c1-11-8-12(2)10-15(9-11)14(4)16-13(3)6-7-17-5/h8-10,13-14,16H,6-7H2,1-5H3. The lowest BCUT2D eigenvalue weighted by molar-refractivity contribution is 0.471. The summed E-state index contributed by atoms with van der Waals surface area (Å²) in [6.45, 7) is 8.86. The van der Waals surface area contributed by atoms with Gasteiger partial charge in [0.1, 0.15) is 0 Å². The summed E-state index contributed by atoms with van der Waals surface area (Å²) in [5.74, 6) is 1.23. The number of benzene rings is 1. The van der Waals surface area contributed by atoms with Crippen molar-refractivity contribution in [3.63, 3.8) is 0 Å². The molecule has 0 aliphatic carbocycles. The van der Waals surface area contributed by atoms with Gasteiger partial charge in [0.05, 0.1) is 0 Å². The van der Waals surface area contributed by atoms with Gasteiger partial charge in [-0.3, -0.25) is 0 Å². The molecule has 0 radical (unpaired) electrons. The molecule has 96 valence electrons. The van der Waals surface area contributed by atoms with Crippen LogP contribution < -0.4 is 5.32 Å². The second-order valence-corrected chi connectivity index (χ2v) is 5.98. The third-order valence-electron chi connectivity index (χ3n) is 3.03. The molecule has 0 aromatic heterocycles. The van der Waals surface area contributed by atoms with Gasteiger partial charge in [-0.15, -0.1) is 0 Å². The van der Waals surface area contributed by atoms with E-state index >= 15 is 0 Å². The van der Waals surface area contributed by atoms with Gasteiger partial charge in [0.2, 0.25) is 0 Å². The molecular formula is C15H25NS. The van der Waals surface area contributed by atoms with E-state index in [0.717, 1.165) is 0 Å². The van der Waals surface area contributed by atoms with Crippen LogP contribution >= 0.6 is 11.8 Å². The summed E-state index contributed by atoms with van der Waals surface area (Å²) in [5.41, 5.74) is 4.11. The lowest BCUT2D eigenvalue weighted by Crippen LogP contribution is -2.29. The van der Waals surface area contributed by atoms with Gasteiger partial charge in [-0.2, -0.15) is 11.8 Å². The Balaban J connectivity index is 2.59. The molecule has 1 N–H and O–H groups in total. The second kappa shape index (κ2) is 7.07. The van der Waals surface area contributed by atoms with E-state index in [1.165, 1.54) is 28.9 Å². The van der Waals surface area contributed by atoms with Gasteiger partial charge in [-0.1, -0.05) is 29.3 Å². The quantitative estimate of drug-likeness (QED) is 0.817. The Morgan fingerprint density at radius 3 is 2.24 bits per heavy atom. The minimum Gasteiger partial charge on any atom is -0.308 e. The SMILES string of the molecule is CSCCC(C)NC(C)c1cc(C)cc(C)c1. The molecule has 1 aromatic rings. The predicted molar refractivity (Wildman–Crippen MR) is 79.9 cm³/mol. The average Bonchev–Trinajstić information content (AvgIpc) is 2.25. The number of aryl methyl sites for hydroxylation is 2. The largest absolute Gasteiger partial charge is 0.308 e. The molecule has 1 nitrogen and oxygen atoms in total. The molecule has 17 heavy (non-hydrogen) atoms. The Morgan fingerprint density at radius 2 is 1.71 bits per heavy atom. The van der Waals surface area contributed by atoms with Crippen molar-refractivity contribution in [1.82, 2.24) is 5.32 Å². The topological polar surface area (TPSA) is 12.0 Å². The van der Waals surface area contributed by atoms with Crippen molar-refractivity contribution >= 4 is 11.8 Å². The van der Waals surface area contributed by atoms with Crippen LogP contribution in [0, 0.1) is 13.8 Å². The first kappa shape index (κ1) is 14.6. The highest BCUT2D eigenvalue weighted by Crippen LogP contribution is 2.17. The van der Waals surface area contributed by atoms with Gasteiger partial charge in [0.15, 0.2) is 0 Å². The Labute approximate surface area is 110 Å². The van der Waals surface area contributed by atoms with Crippen LogP contribution in [-0.4, -0.2) is 18.1 Å². The van der Waals surface area contributed by atoms with Crippen molar-refractivity contribution in [2.45, 2.75) is 46.2 Å².